The highest BCUT2D eigenvalue weighted by Gasteiger charge is 2.32. The van der Waals surface area contributed by atoms with Crippen LogP contribution in [0.4, 0.5) is 18.9 Å². The average molecular weight is 441 g/mol. The lowest BCUT2D eigenvalue weighted by atomic mass is 10.1. The molecule has 0 spiro atoms. The minimum absolute atomic E-state index is 0.421. The van der Waals surface area contributed by atoms with Crippen LogP contribution in [0.1, 0.15) is 11.1 Å². The van der Waals surface area contributed by atoms with Crippen LogP contribution in [0.2, 0.25) is 0 Å². The van der Waals surface area contributed by atoms with E-state index in [0.717, 1.165) is 29.4 Å². The highest BCUT2D eigenvalue weighted by atomic mass is 32.2. The second-order valence-electron chi connectivity index (χ2n) is 7.00. The van der Waals surface area contributed by atoms with Gasteiger partial charge in [-0.05, 0) is 36.8 Å². The topological polar surface area (TPSA) is 69.7 Å². The van der Waals surface area contributed by atoms with Crippen LogP contribution in [0.5, 0.6) is 0 Å². The van der Waals surface area contributed by atoms with Crippen molar-refractivity contribution in [2.24, 2.45) is 0 Å². The Hall–Kier alpha value is -2.59. The maximum Gasteiger partial charge on any atom is 0.416 e. The van der Waals surface area contributed by atoms with Crippen LogP contribution in [0, 0.1) is 6.92 Å². The van der Waals surface area contributed by atoms with Crippen molar-refractivity contribution < 1.29 is 26.4 Å². The lowest BCUT2D eigenvalue weighted by molar-refractivity contribution is -0.137. The first-order valence-corrected chi connectivity index (χ1v) is 10.8. The molecule has 1 saturated heterocycles. The van der Waals surface area contributed by atoms with Crippen LogP contribution in [0.25, 0.3) is 0 Å². The number of alkyl halides is 3. The smallest absolute Gasteiger partial charge is 0.368 e. The number of para-hydroxylation sites is 1. The fourth-order valence-corrected chi connectivity index (χ4v) is 4.33. The molecule has 0 aromatic heterocycles. The van der Waals surface area contributed by atoms with E-state index in [1.54, 1.807) is 4.90 Å². The molecule has 0 bridgehead atoms. The summed E-state index contributed by atoms with van der Waals surface area (Å²) in [6.07, 6.45) is -4.65. The lowest BCUT2D eigenvalue weighted by Crippen LogP contribution is -2.51. The van der Waals surface area contributed by atoms with Gasteiger partial charge in [0, 0.05) is 31.9 Å². The van der Waals surface area contributed by atoms with Gasteiger partial charge in [-0.15, -0.1) is 0 Å². The van der Waals surface area contributed by atoms with Crippen LogP contribution >= 0.6 is 0 Å². The van der Waals surface area contributed by atoms with Gasteiger partial charge in [0.25, 0.3) is 0 Å². The van der Waals surface area contributed by atoms with Crippen LogP contribution in [-0.4, -0.2) is 51.9 Å². The number of halogens is 3. The van der Waals surface area contributed by atoms with E-state index in [4.69, 9.17) is 0 Å². The molecule has 6 nitrogen and oxygen atoms in total. The van der Waals surface area contributed by atoms with Gasteiger partial charge in [-0.3, -0.25) is 4.79 Å². The Morgan fingerprint density at radius 1 is 1.03 bits per heavy atom. The molecule has 1 aliphatic heterocycles. The molecule has 1 heterocycles. The molecular formula is C20H22F3N3O3S. The summed E-state index contributed by atoms with van der Waals surface area (Å²) in [4.78, 5) is 15.6. The van der Waals surface area contributed by atoms with Gasteiger partial charge >= 0.3 is 6.18 Å². The number of carbonyl (C=O) groups excluding carboxylic acids is 1. The summed E-state index contributed by atoms with van der Waals surface area (Å²) in [7, 11) is -4.24. The number of hydrogen-bond donors (Lipinski definition) is 1. The number of rotatable bonds is 5. The third kappa shape index (κ3) is 5.11. The van der Waals surface area contributed by atoms with Crippen LogP contribution in [0.15, 0.2) is 53.4 Å². The van der Waals surface area contributed by atoms with E-state index in [-0.39, 0.29) is 0 Å². The number of aryl methyl sites for hydroxylation is 1. The molecule has 1 N–H and O–H groups in total. The van der Waals surface area contributed by atoms with Crippen molar-refractivity contribution in [2.45, 2.75) is 18.0 Å². The van der Waals surface area contributed by atoms with E-state index in [1.807, 2.05) is 31.2 Å². The molecule has 0 atom stereocenters. The number of amides is 1. The first-order valence-electron chi connectivity index (χ1n) is 9.33. The van der Waals surface area contributed by atoms with Crippen molar-refractivity contribution in [2.75, 3.05) is 37.6 Å². The quantitative estimate of drug-likeness (QED) is 0.775. The predicted octanol–water partition coefficient (Wildman–Crippen LogP) is 2.64. The standard InChI is InChI=1S/C20H22F3N3O3S/c1-15-5-2-3-8-18(15)25-9-11-26(12-10-25)19(27)14-24-30(28,29)17-7-4-6-16(13-17)20(21,22)23/h2-8,13,24H,9-12,14H2,1H3. The summed E-state index contributed by atoms with van der Waals surface area (Å²) in [5.41, 5.74) is 1.16. The van der Waals surface area contributed by atoms with Gasteiger partial charge in [-0.2, -0.15) is 13.2 Å². The fraction of sp³-hybridized carbons (Fsp3) is 0.350. The molecule has 3 rings (SSSR count). The largest absolute Gasteiger partial charge is 0.416 e. The van der Waals surface area contributed by atoms with E-state index in [0.29, 0.717) is 32.2 Å². The average Bonchev–Trinajstić information content (AvgIpc) is 2.72. The molecule has 0 aliphatic carbocycles. The fourth-order valence-electron chi connectivity index (χ4n) is 3.31. The van der Waals surface area contributed by atoms with Gasteiger partial charge < -0.3 is 9.80 Å². The summed E-state index contributed by atoms with van der Waals surface area (Å²) in [5, 5.41) is 0. The SMILES string of the molecule is Cc1ccccc1N1CCN(C(=O)CNS(=O)(=O)c2cccc(C(F)(F)F)c2)CC1. The highest BCUT2D eigenvalue weighted by molar-refractivity contribution is 7.89. The molecule has 0 unspecified atom stereocenters. The molecular weight excluding hydrogens is 419 g/mol. The van der Waals surface area contributed by atoms with E-state index < -0.39 is 39.1 Å². The number of nitrogens with one attached hydrogen (secondary N) is 1. The van der Waals surface area contributed by atoms with E-state index >= 15 is 0 Å². The first kappa shape index (κ1) is 22.1. The monoisotopic (exact) mass is 441 g/mol. The summed E-state index contributed by atoms with van der Waals surface area (Å²) >= 11 is 0. The maximum atomic E-state index is 12.8. The van der Waals surface area contributed by atoms with Gasteiger partial charge in [-0.1, -0.05) is 24.3 Å². The van der Waals surface area contributed by atoms with Gasteiger partial charge in [-0.25, -0.2) is 13.1 Å². The Labute approximate surface area is 173 Å². The van der Waals surface area contributed by atoms with Gasteiger partial charge in [0.1, 0.15) is 0 Å². The molecule has 1 aliphatic rings. The molecule has 162 valence electrons. The van der Waals surface area contributed by atoms with Crippen molar-refractivity contribution in [1.82, 2.24) is 9.62 Å². The molecule has 0 radical (unpaired) electrons. The molecule has 1 fully saturated rings. The Morgan fingerprint density at radius 3 is 2.33 bits per heavy atom. The lowest BCUT2D eigenvalue weighted by Gasteiger charge is -2.36. The molecule has 10 heteroatoms. The molecule has 0 saturated carbocycles. The molecule has 2 aromatic carbocycles. The number of sulfonamides is 1. The summed E-state index contributed by atoms with van der Waals surface area (Å²) in [6.45, 7) is 3.57. The van der Waals surface area contributed by atoms with Crippen molar-refractivity contribution in [3.63, 3.8) is 0 Å². The second-order valence-corrected chi connectivity index (χ2v) is 8.77. The highest BCUT2D eigenvalue weighted by Crippen LogP contribution is 2.30. The Kier molecular flexibility index (Phi) is 6.37. The van der Waals surface area contributed by atoms with E-state index in [1.165, 1.54) is 0 Å². The third-order valence-electron chi connectivity index (χ3n) is 4.97. The number of benzene rings is 2. The van der Waals surface area contributed by atoms with Gasteiger partial charge in [0.05, 0.1) is 17.0 Å². The zero-order valence-electron chi connectivity index (χ0n) is 16.3. The Bertz CT molecular complexity index is 1020. The summed E-state index contributed by atoms with van der Waals surface area (Å²) in [5.74, 6) is -0.421. The minimum Gasteiger partial charge on any atom is -0.368 e. The van der Waals surface area contributed by atoms with Crippen LogP contribution < -0.4 is 9.62 Å². The van der Waals surface area contributed by atoms with Crippen LogP contribution in [-0.2, 0) is 21.0 Å². The van der Waals surface area contributed by atoms with Gasteiger partial charge in [0.2, 0.25) is 15.9 Å². The number of piperazine rings is 1. The normalized spacial score (nSPS) is 15.3. The number of nitrogens with zero attached hydrogens (tertiary/aromatic N) is 2. The van der Waals surface area contributed by atoms with E-state index in [2.05, 4.69) is 9.62 Å². The third-order valence-corrected chi connectivity index (χ3v) is 6.37. The molecule has 1 amide bonds. The Morgan fingerprint density at radius 2 is 1.70 bits per heavy atom. The van der Waals surface area contributed by atoms with Crippen molar-refractivity contribution >= 4 is 21.6 Å². The molecule has 30 heavy (non-hydrogen) atoms. The van der Waals surface area contributed by atoms with Crippen molar-refractivity contribution in [3.05, 3.63) is 59.7 Å². The van der Waals surface area contributed by atoms with E-state index in [9.17, 15) is 26.4 Å². The summed E-state index contributed by atoms with van der Waals surface area (Å²) < 4.78 is 65.2. The maximum absolute atomic E-state index is 12.8. The Balaban J connectivity index is 1.58. The van der Waals surface area contributed by atoms with Crippen molar-refractivity contribution in [1.29, 1.82) is 0 Å². The zero-order valence-corrected chi connectivity index (χ0v) is 17.1. The van der Waals surface area contributed by atoms with Crippen LogP contribution in [0.3, 0.4) is 0 Å². The molecule has 2 aromatic rings. The van der Waals surface area contributed by atoms with Crippen molar-refractivity contribution in [3.8, 4) is 0 Å². The number of carbonyl (C=O) groups is 1. The van der Waals surface area contributed by atoms with Gasteiger partial charge in [0.15, 0.2) is 0 Å². The summed E-state index contributed by atoms with van der Waals surface area (Å²) in [6, 6.07) is 11.3. The predicted molar refractivity (Wildman–Crippen MR) is 107 cm³/mol. The minimum atomic E-state index is -4.65. The number of hydrogen-bond acceptors (Lipinski definition) is 4. The second kappa shape index (κ2) is 8.65. The first-order chi connectivity index (χ1) is 14.1. The zero-order chi connectivity index (χ0) is 21.9. The number of anilines is 1.